The number of ether oxygens (including phenoxy) is 1. The SMILES string of the molecule is NC(=O)c1ccc(-c2ccccc2)cc1Oc1ccccc1. The quantitative estimate of drug-likeness (QED) is 0.780. The van der Waals surface area contributed by atoms with E-state index >= 15 is 0 Å². The lowest BCUT2D eigenvalue weighted by Gasteiger charge is -2.11. The molecule has 0 spiro atoms. The molecule has 2 N–H and O–H groups in total. The number of para-hydroxylation sites is 1. The van der Waals surface area contributed by atoms with Crippen LogP contribution in [0.25, 0.3) is 11.1 Å². The van der Waals surface area contributed by atoms with Crippen molar-refractivity contribution < 1.29 is 9.53 Å². The lowest BCUT2D eigenvalue weighted by Crippen LogP contribution is -2.12. The smallest absolute Gasteiger partial charge is 0.252 e. The minimum atomic E-state index is -0.509. The zero-order chi connectivity index (χ0) is 15.4. The maximum atomic E-state index is 11.6. The number of carbonyl (C=O) groups excluding carboxylic acids is 1. The Morgan fingerprint density at radius 1 is 0.773 bits per heavy atom. The van der Waals surface area contributed by atoms with E-state index < -0.39 is 5.91 Å². The Hall–Kier alpha value is -3.07. The molecule has 3 aromatic carbocycles. The van der Waals surface area contributed by atoms with E-state index in [9.17, 15) is 4.79 Å². The summed E-state index contributed by atoms with van der Waals surface area (Å²) in [5, 5.41) is 0. The minimum Gasteiger partial charge on any atom is -0.457 e. The van der Waals surface area contributed by atoms with Gasteiger partial charge in [-0.3, -0.25) is 4.79 Å². The number of hydrogen-bond acceptors (Lipinski definition) is 2. The van der Waals surface area contributed by atoms with E-state index in [1.807, 2.05) is 72.8 Å². The molecule has 0 aliphatic rings. The maximum Gasteiger partial charge on any atom is 0.252 e. The van der Waals surface area contributed by atoms with Crippen LogP contribution < -0.4 is 10.5 Å². The maximum absolute atomic E-state index is 11.6. The minimum absolute atomic E-state index is 0.364. The first-order valence-corrected chi connectivity index (χ1v) is 6.96. The molecule has 0 aromatic heterocycles. The Morgan fingerprint density at radius 3 is 2.05 bits per heavy atom. The fraction of sp³-hybridized carbons (Fsp3) is 0. The van der Waals surface area contributed by atoms with E-state index in [4.69, 9.17) is 10.5 Å². The molecule has 3 heteroatoms. The fourth-order valence-electron chi connectivity index (χ4n) is 2.24. The molecular formula is C19H15NO2. The van der Waals surface area contributed by atoms with Gasteiger partial charge in [-0.2, -0.15) is 0 Å². The second-order valence-corrected chi connectivity index (χ2v) is 4.86. The Labute approximate surface area is 129 Å². The number of primary amides is 1. The normalized spacial score (nSPS) is 10.2. The van der Waals surface area contributed by atoms with Crippen LogP contribution in [0.3, 0.4) is 0 Å². The summed E-state index contributed by atoms with van der Waals surface area (Å²) in [7, 11) is 0. The van der Waals surface area contributed by atoms with Crippen molar-refractivity contribution in [1.29, 1.82) is 0 Å². The average molecular weight is 289 g/mol. The molecule has 0 atom stereocenters. The van der Waals surface area contributed by atoms with Crippen LogP contribution in [0.2, 0.25) is 0 Å². The number of benzene rings is 3. The summed E-state index contributed by atoms with van der Waals surface area (Å²) < 4.78 is 5.83. The average Bonchev–Trinajstić information content (AvgIpc) is 2.56. The zero-order valence-electron chi connectivity index (χ0n) is 11.9. The highest BCUT2D eigenvalue weighted by atomic mass is 16.5. The van der Waals surface area contributed by atoms with Gasteiger partial charge in [-0.05, 0) is 35.4 Å². The van der Waals surface area contributed by atoms with Crippen molar-refractivity contribution >= 4 is 5.91 Å². The van der Waals surface area contributed by atoms with Gasteiger partial charge in [0.2, 0.25) is 0 Å². The van der Waals surface area contributed by atoms with E-state index in [0.717, 1.165) is 11.1 Å². The Morgan fingerprint density at radius 2 is 1.41 bits per heavy atom. The molecular weight excluding hydrogens is 274 g/mol. The second-order valence-electron chi connectivity index (χ2n) is 4.86. The summed E-state index contributed by atoms with van der Waals surface area (Å²) in [4.78, 5) is 11.6. The largest absolute Gasteiger partial charge is 0.457 e. The highest BCUT2D eigenvalue weighted by molar-refractivity contribution is 5.96. The molecule has 0 saturated heterocycles. The molecule has 0 unspecified atom stereocenters. The van der Waals surface area contributed by atoms with E-state index in [0.29, 0.717) is 17.1 Å². The third-order valence-corrected chi connectivity index (χ3v) is 3.33. The summed E-state index contributed by atoms with van der Waals surface area (Å²) in [5.41, 5.74) is 7.82. The van der Waals surface area contributed by atoms with Crippen LogP contribution in [0, 0.1) is 0 Å². The van der Waals surface area contributed by atoms with E-state index in [1.165, 1.54) is 0 Å². The summed E-state index contributed by atoms with van der Waals surface area (Å²) in [6.45, 7) is 0. The molecule has 1 amide bonds. The van der Waals surface area contributed by atoms with Gasteiger partial charge in [-0.25, -0.2) is 0 Å². The summed E-state index contributed by atoms with van der Waals surface area (Å²) in [5.74, 6) is 0.612. The van der Waals surface area contributed by atoms with Crippen molar-refractivity contribution in [3.63, 3.8) is 0 Å². The Bertz CT molecular complexity index is 783. The van der Waals surface area contributed by atoms with Gasteiger partial charge < -0.3 is 10.5 Å². The summed E-state index contributed by atoms with van der Waals surface area (Å²) in [6, 6.07) is 24.6. The van der Waals surface area contributed by atoms with Crippen molar-refractivity contribution in [2.45, 2.75) is 0 Å². The van der Waals surface area contributed by atoms with Gasteiger partial charge in [0.15, 0.2) is 0 Å². The van der Waals surface area contributed by atoms with Gasteiger partial charge in [0.05, 0.1) is 5.56 Å². The Balaban J connectivity index is 2.03. The zero-order valence-corrected chi connectivity index (χ0v) is 11.9. The highest BCUT2D eigenvalue weighted by Crippen LogP contribution is 2.30. The standard InChI is InChI=1S/C19H15NO2/c20-19(21)17-12-11-15(14-7-3-1-4-8-14)13-18(17)22-16-9-5-2-6-10-16/h1-13H,(H2,20,21). The fourth-order valence-corrected chi connectivity index (χ4v) is 2.24. The molecule has 0 aliphatic carbocycles. The number of carbonyl (C=O) groups is 1. The van der Waals surface area contributed by atoms with Crippen LogP contribution in [-0.2, 0) is 0 Å². The van der Waals surface area contributed by atoms with Gasteiger partial charge in [0, 0.05) is 0 Å². The van der Waals surface area contributed by atoms with Crippen LogP contribution in [0.15, 0.2) is 78.9 Å². The molecule has 3 nitrogen and oxygen atoms in total. The number of rotatable bonds is 4. The predicted molar refractivity (Wildman–Crippen MR) is 86.9 cm³/mol. The van der Waals surface area contributed by atoms with Crippen LogP contribution in [0.5, 0.6) is 11.5 Å². The highest BCUT2D eigenvalue weighted by Gasteiger charge is 2.12. The van der Waals surface area contributed by atoms with Gasteiger partial charge in [-0.1, -0.05) is 54.6 Å². The molecule has 0 radical (unpaired) electrons. The monoisotopic (exact) mass is 289 g/mol. The van der Waals surface area contributed by atoms with Crippen LogP contribution in [-0.4, -0.2) is 5.91 Å². The second kappa shape index (κ2) is 6.14. The Kier molecular flexibility index (Phi) is 3.88. The van der Waals surface area contributed by atoms with Gasteiger partial charge in [0.1, 0.15) is 11.5 Å². The van der Waals surface area contributed by atoms with Gasteiger partial charge in [0.25, 0.3) is 5.91 Å². The topological polar surface area (TPSA) is 52.3 Å². The molecule has 0 fully saturated rings. The van der Waals surface area contributed by atoms with Gasteiger partial charge in [-0.15, -0.1) is 0 Å². The number of hydrogen-bond donors (Lipinski definition) is 1. The van der Waals surface area contributed by atoms with Crippen molar-refractivity contribution in [2.75, 3.05) is 0 Å². The van der Waals surface area contributed by atoms with Crippen molar-refractivity contribution in [1.82, 2.24) is 0 Å². The van der Waals surface area contributed by atoms with Crippen molar-refractivity contribution in [3.8, 4) is 22.6 Å². The molecule has 0 aliphatic heterocycles. The predicted octanol–water partition coefficient (Wildman–Crippen LogP) is 4.24. The van der Waals surface area contributed by atoms with E-state index in [2.05, 4.69) is 0 Å². The molecule has 3 aromatic rings. The van der Waals surface area contributed by atoms with E-state index in [-0.39, 0.29) is 0 Å². The molecule has 108 valence electrons. The lowest BCUT2D eigenvalue weighted by atomic mass is 10.0. The first kappa shape index (κ1) is 13.9. The van der Waals surface area contributed by atoms with Gasteiger partial charge >= 0.3 is 0 Å². The number of amides is 1. The van der Waals surface area contributed by atoms with E-state index in [1.54, 1.807) is 6.07 Å². The third-order valence-electron chi connectivity index (χ3n) is 3.33. The molecule has 3 rings (SSSR count). The molecule has 0 bridgehead atoms. The summed E-state index contributed by atoms with van der Waals surface area (Å²) in [6.07, 6.45) is 0. The molecule has 0 heterocycles. The lowest BCUT2D eigenvalue weighted by molar-refractivity contribution is 0.0998. The van der Waals surface area contributed by atoms with Crippen LogP contribution in [0.1, 0.15) is 10.4 Å². The van der Waals surface area contributed by atoms with Crippen LogP contribution >= 0.6 is 0 Å². The van der Waals surface area contributed by atoms with Crippen molar-refractivity contribution in [3.05, 3.63) is 84.4 Å². The van der Waals surface area contributed by atoms with Crippen LogP contribution in [0.4, 0.5) is 0 Å². The molecule has 22 heavy (non-hydrogen) atoms. The summed E-state index contributed by atoms with van der Waals surface area (Å²) >= 11 is 0. The molecule has 0 saturated carbocycles. The third kappa shape index (κ3) is 2.99. The first-order chi connectivity index (χ1) is 10.7. The first-order valence-electron chi connectivity index (χ1n) is 6.96. The number of nitrogens with two attached hydrogens (primary N) is 1. The van der Waals surface area contributed by atoms with Crippen molar-refractivity contribution in [2.24, 2.45) is 5.73 Å².